The van der Waals surface area contributed by atoms with Crippen molar-refractivity contribution in [1.82, 2.24) is 24.1 Å². The molecular weight excluding hydrogens is 414 g/mol. The van der Waals surface area contributed by atoms with Gasteiger partial charge in [-0.05, 0) is 18.2 Å². The fourth-order valence-electron chi connectivity index (χ4n) is 3.44. The van der Waals surface area contributed by atoms with Crippen molar-refractivity contribution >= 4 is 34.1 Å². The first-order chi connectivity index (χ1) is 15.2. The van der Waals surface area contributed by atoms with Gasteiger partial charge in [0, 0.05) is 41.1 Å². The molecule has 0 aliphatic carbocycles. The molecule has 8 nitrogen and oxygen atoms in total. The van der Waals surface area contributed by atoms with E-state index < -0.39 is 0 Å². The average Bonchev–Trinajstić information content (AvgIpc) is 3.42. The highest BCUT2D eigenvalue weighted by Gasteiger charge is 2.16. The first kappa shape index (κ1) is 19.1. The Morgan fingerprint density at radius 1 is 1.13 bits per heavy atom. The van der Waals surface area contributed by atoms with Crippen LogP contribution in [-0.4, -0.2) is 42.8 Å². The van der Waals surface area contributed by atoms with Crippen molar-refractivity contribution in [2.45, 2.75) is 5.16 Å². The van der Waals surface area contributed by atoms with E-state index >= 15 is 0 Å². The molecule has 0 aliphatic heterocycles. The van der Waals surface area contributed by atoms with Crippen molar-refractivity contribution in [3.8, 4) is 11.4 Å². The minimum Gasteiger partial charge on any atom is -0.497 e. The first-order valence-corrected chi connectivity index (χ1v) is 10.5. The molecule has 5 aromatic rings. The number of ketones is 1. The number of ether oxygens (including phenoxy) is 1. The number of carbonyl (C=O) groups is 1. The number of benzene rings is 2. The summed E-state index contributed by atoms with van der Waals surface area (Å²) < 4.78 is 8.32. The summed E-state index contributed by atoms with van der Waals surface area (Å²) in [6.07, 6.45) is 5.09. The smallest absolute Gasteiger partial charge is 0.300 e. The number of aromatic amines is 1. The molecule has 1 N–H and O–H groups in total. The number of para-hydroxylation sites is 1. The zero-order valence-corrected chi connectivity index (χ0v) is 17.3. The van der Waals surface area contributed by atoms with Gasteiger partial charge in [0.05, 0.1) is 18.6 Å². The molecule has 5 rings (SSSR count). The zero-order chi connectivity index (χ0) is 21.4. The highest BCUT2D eigenvalue weighted by Crippen LogP contribution is 2.22. The molecule has 0 radical (unpaired) electrons. The van der Waals surface area contributed by atoms with Crippen LogP contribution in [-0.2, 0) is 0 Å². The van der Waals surface area contributed by atoms with Crippen LogP contribution in [0.1, 0.15) is 10.4 Å². The highest BCUT2D eigenvalue weighted by atomic mass is 32.2. The van der Waals surface area contributed by atoms with Gasteiger partial charge in [0.25, 0.3) is 0 Å². The van der Waals surface area contributed by atoms with E-state index in [0.29, 0.717) is 22.2 Å². The van der Waals surface area contributed by atoms with Gasteiger partial charge in [-0.15, -0.1) is 10.2 Å². The number of Topliss-reactive ketones (excluding diaryl/α,β-unsaturated/α-hetero) is 1. The third-order valence-electron chi connectivity index (χ3n) is 4.99. The van der Waals surface area contributed by atoms with Crippen LogP contribution in [0, 0.1) is 0 Å². The molecular formula is C22H17N5O3S. The van der Waals surface area contributed by atoms with E-state index in [1.54, 1.807) is 36.2 Å². The molecule has 0 fully saturated rings. The number of nitrogens with zero attached hydrogens (tertiary/aromatic N) is 4. The zero-order valence-electron chi connectivity index (χ0n) is 16.5. The van der Waals surface area contributed by atoms with Crippen molar-refractivity contribution in [1.29, 1.82) is 0 Å². The van der Waals surface area contributed by atoms with Crippen LogP contribution in [0.4, 0.5) is 0 Å². The molecule has 31 heavy (non-hydrogen) atoms. The van der Waals surface area contributed by atoms with Crippen molar-refractivity contribution in [2.75, 3.05) is 12.9 Å². The number of rotatable bonds is 6. The van der Waals surface area contributed by atoms with Crippen LogP contribution >= 0.6 is 11.8 Å². The molecule has 0 bridgehead atoms. The van der Waals surface area contributed by atoms with Crippen LogP contribution in [0.3, 0.4) is 0 Å². The molecule has 0 unspecified atom stereocenters. The molecule has 154 valence electrons. The van der Waals surface area contributed by atoms with E-state index in [0.717, 1.165) is 10.9 Å². The monoisotopic (exact) mass is 431 g/mol. The van der Waals surface area contributed by atoms with E-state index in [9.17, 15) is 9.59 Å². The minimum absolute atomic E-state index is 0.0241. The second-order valence-electron chi connectivity index (χ2n) is 6.81. The second-order valence-corrected chi connectivity index (χ2v) is 7.75. The Hall–Kier alpha value is -3.85. The second kappa shape index (κ2) is 7.77. The summed E-state index contributed by atoms with van der Waals surface area (Å²) in [4.78, 5) is 28.8. The Kier molecular flexibility index (Phi) is 4.79. The van der Waals surface area contributed by atoms with E-state index in [2.05, 4.69) is 15.2 Å². The number of hydrogen-bond donors (Lipinski definition) is 1. The SMILES string of the molecule is COc1cccc(-n2ccn3c(SCC(=O)c4c[nH]c5ccccc45)nnc3c2=O)c1. The Morgan fingerprint density at radius 3 is 2.87 bits per heavy atom. The first-order valence-electron chi connectivity index (χ1n) is 9.48. The number of hydrogen-bond acceptors (Lipinski definition) is 6. The fraction of sp³-hybridized carbons (Fsp3) is 0.0909. The molecule has 0 aliphatic rings. The van der Waals surface area contributed by atoms with Crippen molar-refractivity contribution in [2.24, 2.45) is 0 Å². The lowest BCUT2D eigenvalue weighted by atomic mass is 10.1. The molecule has 0 amide bonds. The Morgan fingerprint density at radius 2 is 2.00 bits per heavy atom. The number of thioether (sulfide) groups is 1. The highest BCUT2D eigenvalue weighted by molar-refractivity contribution is 7.99. The lowest BCUT2D eigenvalue weighted by Crippen LogP contribution is -2.20. The Bertz CT molecular complexity index is 1480. The molecule has 0 saturated carbocycles. The number of carbonyl (C=O) groups excluding carboxylic acids is 1. The number of fused-ring (bicyclic) bond motifs is 2. The minimum atomic E-state index is -0.307. The quantitative estimate of drug-likeness (QED) is 0.327. The maximum atomic E-state index is 12.9. The molecule has 0 saturated heterocycles. The van der Waals surface area contributed by atoms with E-state index in [4.69, 9.17) is 4.74 Å². The van der Waals surface area contributed by atoms with Crippen LogP contribution in [0.2, 0.25) is 0 Å². The number of methoxy groups -OCH3 is 1. The van der Waals surface area contributed by atoms with Crippen LogP contribution < -0.4 is 10.3 Å². The summed E-state index contributed by atoms with van der Waals surface area (Å²) in [6.45, 7) is 0. The summed E-state index contributed by atoms with van der Waals surface area (Å²) in [7, 11) is 1.57. The normalized spacial score (nSPS) is 11.3. The lowest BCUT2D eigenvalue weighted by Gasteiger charge is -2.08. The molecule has 2 aromatic carbocycles. The van der Waals surface area contributed by atoms with Gasteiger partial charge >= 0.3 is 5.56 Å². The van der Waals surface area contributed by atoms with Gasteiger partial charge in [0.1, 0.15) is 5.75 Å². The fourth-order valence-corrected chi connectivity index (χ4v) is 4.24. The van der Waals surface area contributed by atoms with Crippen LogP contribution in [0.15, 0.2) is 77.1 Å². The predicted octanol–water partition coefficient (Wildman–Crippen LogP) is 3.35. The number of aromatic nitrogens is 5. The van der Waals surface area contributed by atoms with Crippen molar-refractivity contribution in [3.63, 3.8) is 0 Å². The van der Waals surface area contributed by atoms with Crippen LogP contribution in [0.5, 0.6) is 5.75 Å². The largest absolute Gasteiger partial charge is 0.497 e. The summed E-state index contributed by atoms with van der Waals surface area (Å²) in [5.74, 6) is 0.809. The van der Waals surface area contributed by atoms with Gasteiger partial charge in [0.15, 0.2) is 10.9 Å². The summed E-state index contributed by atoms with van der Waals surface area (Å²) in [5, 5.41) is 9.54. The van der Waals surface area contributed by atoms with E-state index in [1.165, 1.54) is 16.3 Å². The van der Waals surface area contributed by atoms with Gasteiger partial charge in [-0.3, -0.25) is 18.6 Å². The topological polar surface area (TPSA) is 94.3 Å². The summed E-state index contributed by atoms with van der Waals surface area (Å²) in [6, 6.07) is 14.9. The van der Waals surface area contributed by atoms with Gasteiger partial charge in [-0.1, -0.05) is 36.0 Å². The Balaban J connectivity index is 1.42. The van der Waals surface area contributed by atoms with Crippen LogP contribution in [0.25, 0.3) is 22.2 Å². The number of H-pyrrole nitrogens is 1. The maximum Gasteiger partial charge on any atom is 0.300 e. The lowest BCUT2D eigenvalue weighted by molar-refractivity contribution is 0.102. The Labute approximate surface area is 180 Å². The van der Waals surface area contributed by atoms with Gasteiger partial charge in [-0.25, -0.2) is 0 Å². The van der Waals surface area contributed by atoms with E-state index in [1.807, 2.05) is 42.5 Å². The number of nitrogens with one attached hydrogen (secondary N) is 1. The molecule has 0 atom stereocenters. The summed E-state index contributed by atoms with van der Waals surface area (Å²) in [5.41, 5.74) is 2.10. The van der Waals surface area contributed by atoms with Crippen molar-refractivity contribution < 1.29 is 9.53 Å². The van der Waals surface area contributed by atoms with Gasteiger partial charge in [0.2, 0.25) is 5.65 Å². The van der Waals surface area contributed by atoms with Gasteiger partial charge in [-0.2, -0.15) is 0 Å². The third kappa shape index (κ3) is 3.38. The molecule has 3 aromatic heterocycles. The molecule has 0 spiro atoms. The average molecular weight is 431 g/mol. The summed E-state index contributed by atoms with van der Waals surface area (Å²) >= 11 is 1.25. The third-order valence-corrected chi connectivity index (χ3v) is 5.94. The van der Waals surface area contributed by atoms with E-state index in [-0.39, 0.29) is 22.7 Å². The molecule has 3 heterocycles. The van der Waals surface area contributed by atoms with Crippen molar-refractivity contribution in [3.05, 3.63) is 83.0 Å². The van der Waals surface area contributed by atoms with Gasteiger partial charge < -0.3 is 9.72 Å². The maximum absolute atomic E-state index is 12.9. The predicted molar refractivity (Wildman–Crippen MR) is 118 cm³/mol. The standard InChI is InChI=1S/C22H17N5O3S/c1-30-15-6-4-5-14(11-15)26-9-10-27-20(21(26)29)24-25-22(27)31-13-19(28)17-12-23-18-8-3-2-7-16(17)18/h2-12,23H,13H2,1H3. The molecule has 9 heteroatoms.